The number of hydrogen-bond acceptors (Lipinski definition) is 0. The van der Waals surface area contributed by atoms with Crippen LogP contribution in [-0.2, 0) is 12.2 Å². The topological polar surface area (TPSA) is 0 Å². The molecular weight excluding hydrogens is 668 g/mol. The minimum atomic E-state index is -3.73. The monoisotopic (exact) mass is 724 g/mol. The molecule has 0 heterocycles. The Balaban J connectivity index is 1.62. The van der Waals surface area contributed by atoms with Crippen LogP contribution in [0.5, 0.6) is 0 Å². The predicted molar refractivity (Wildman–Crippen MR) is 224 cm³/mol. The Labute approximate surface area is 310 Å². The molecule has 5 aromatic rings. The summed E-state index contributed by atoms with van der Waals surface area (Å²) in [6, 6.07) is 49.2. The summed E-state index contributed by atoms with van der Waals surface area (Å²) < 4.78 is 1.05. The van der Waals surface area contributed by atoms with Gasteiger partial charge in [0.1, 0.15) is 0 Å². The Kier molecular flexibility index (Phi) is 10.6. The van der Waals surface area contributed by atoms with Crippen molar-refractivity contribution in [2.45, 2.75) is 92.3 Å². The molecule has 0 amide bonds. The number of benzene rings is 5. The van der Waals surface area contributed by atoms with Crippen molar-refractivity contribution < 1.29 is 12.2 Å². The fourth-order valence-electron chi connectivity index (χ4n) is 10.6. The van der Waals surface area contributed by atoms with Crippen LogP contribution < -0.4 is 5.19 Å². The van der Waals surface area contributed by atoms with Crippen LogP contribution in [0.3, 0.4) is 0 Å². The average molecular weight is 725 g/mol. The van der Waals surface area contributed by atoms with Crippen molar-refractivity contribution in [3.05, 3.63) is 161 Å². The summed E-state index contributed by atoms with van der Waals surface area (Å²) >= 11 is -3.73. The normalized spacial score (nSPS) is 17.9. The first-order valence-corrected chi connectivity index (χ1v) is 28.1. The van der Waals surface area contributed by atoms with Gasteiger partial charge in [0.25, 0.3) is 0 Å². The molecule has 0 aliphatic heterocycles. The van der Waals surface area contributed by atoms with Gasteiger partial charge in [-0.25, -0.2) is 0 Å². The predicted octanol–water partition coefficient (Wildman–Crippen LogP) is 13.8. The van der Waals surface area contributed by atoms with Crippen molar-refractivity contribution >= 4 is 24.5 Å². The zero-order valence-corrected chi connectivity index (χ0v) is 34.2. The number of rotatable bonds is 14. The number of fused-ring (bicyclic) bond motifs is 2. The van der Waals surface area contributed by atoms with E-state index in [2.05, 4.69) is 174 Å². The maximum absolute atomic E-state index is 3.73. The van der Waals surface area contributed by atoms with Crippen LogP contribution in [-0.4, -0.2) is 7.17 Å². The second kappa shape index (κ2) is 15.2. The molecule has 0 nitrogen and oxygen atoms in total. The Morgan fingerprint density at radius 2 is 0.902 bits per heavy atom. The van der Waals surface area contributed by atoms with Gasteiger partial charge < -0.3 is 0 Å². The quantitative estimate of drug-likeness (QED) is 0.100. The molecule has 7 rings (SSSR count). The van der Waals surface area contributed by atoms with Gasteiger partial charge in [0.05, 0.1) is 0 Å². The minimum absolute atomic E-state index is 0.526. The molecule has 0 aromatic heterocycles. The van der Waals surface area contributed by atoms with Gasteiger partial charge in [-0.05, 0) is 0 Å². The van der Waals surface area contributed by atoms with Gasteiger partial charge in [0, 0.05) is 0 Å². The third-order valence-electron chi connectivity index (χ3n) is 12.9. The second-order valence-corrected chi connectivity index (χ2v) is 34.9. The number of allylic oxidation sites excluding steroid dienone is 2. The molecular formula is C49H57SiV. The number of unbranched alkanes of at least 4 members (excludes halogenated alkanes) is 2. The van der Waals surface area contributed by atoms with Crippen LogP contribution in [0, 0.1) is 0 Å². The summed E-state index contributed by atoms with van der Waals surface area (Å²) in [4.78, 5) is 0. The van der Waals surface area contributed by atoms with Crippen molar-refractivity contribution in [3.8, 4) is 22.3 Å². The molecule has 0 spiro atoms. The number of hydrogen-bond donors (Lipinski definition) is 0. The third kappa shape index (κ3) is 5.91. The van der Waals surface area contributed by atoms with Crippen molar-refractivity contribution in [1.82, 2.24) is 0 Å². The van der Waals surface area contributed by atoms with Crippen molar-refractivity contribution in [2.24, 2.45) is 0 Å². The first kappa shape index (κ1) is 35.8. The molecule has 0 bridgehead atoms. The molecule has 2 heteroatoms. The molecule has 0 fully saturated rings. The van der Waals surface area contributed by atoms with Gasteiger partial charge in [-0.2, -0.15) is 0 Å². The van der Waals surface area contributed by atoms with E-state index in [1.54, 1.807) is 27.5 Å². The van der Waals surface area contributed by atoms with E-state index in [1.807, 2.05) is 0 Å². The first-order chi connectivity index (χ1) is 25.0. The van der Waals surface area contributed by atoms with E-state index >= 15 is 0 Å². The molecule has 3 unspecified atom stereocenters. The van der Waals surface area contributed by atoms with Gasteiger partial charge in [-0.1, -0.05) is 0 Å². The van der Waals surface area contributed by atoms with Crippen LogP contribution in [0.4, 0.5) is 0 Å². The molecule has 2 aliphatic rings. The first-order valence-electron chi connectivity index (χ1n) is 19.8. The average Bonchev–Trinajstić information content (AvgIpc) is 3.79. The molecule has 5 aromatic carbocycles. The summed E-state index contributed by atoms with van der Waals surface area (Å²) in [5, 5.41) is 4.54. The maximum atomic E-state index is 2.85. The van der Waals surface area contributed by atoms with Crippen LogP contribution >= 0.6 is 0 Å². The third-order valence-corrected chi connectivity index (χ3v) is 42.0. The van der Waals surface area contributed by atoms with E-state index < -0.39 is 19.4 Å². The summed E-state index contributed by atoms with van der Waals surface area (Å²) in [6.07, 6.45) is 12.8. The van der Waals surface area contributed by atoms with Crippen molar-refractivity contribution in [2.75, 3.05) is 0 Å². The van der Waals surface area contributed by atoms with E-state index in [-0.39, 0.29) is 0 Å². The fraction of sp³-hybridized carbons (Fsp3) is 0.306. The van der Waals surface area contributed by atoms with E-state index in [1.165, 1.54) is 69.3 Å². The summed E-state index contributed by atoms with van der Waals surface area (Å²) in [7, 11) is -1.62. The van der Waals surface area contributed by atoms with Crippen LogP contribution in [0.2, 0.25) is 16.8 Å². The van der Waals surface area contributed by atoms with Gasteiger partial charge in [-0.3, -0.25) is 0 Å². The van der Waals surface area contributed by atoms with Gasteiger partial charge >= 0.3 is 312 Å². The second-order valence-electron chi connectivity index (χ2n) is 15.3. The molecule has 51 heavy (non-hydrogen) atoms. The van der Waals surface area contributed by atoms with Crippen LogP contribution in [0.25, 0.3) is 34.4 Å². The van der Waals surface area contributed by atoms with E-state index in [4.69, 9.17) is 0 Å². The zero-order valence-electron chi connectivity index (χ0n) is 31.6. The van der Waals surface area contributed by atoms with Gasteiger partial charge in [-0.15, -0.1) is 0 Å². The molecule has 0 saturated heterocycles. The fourth-order valence-corrected chi connectivity index (χ4v) is 42.7. The Hall–Kier alpha value is -3.62. The van der Waals surface area contributed by atoms with Gasteiger partial charge in [0.15, 0.2) is 0 Å². The van der Waals surface area contributed by atoms with Crippen molar-refractivity contribution in [3.63, 3.8) is 0 Å². The molecule has 2 aliphatic carbocycles. The van der Waals surface area contributed by atoms with Crippen LogP contribution in [0.1, 0.15) is 97.7 Å². The summed E-state index contributed by atoms with van der Waals surface area (Å²) in [6.45, 7) is 12.7. The zero-order chi connectivity index (χ0) is 35.5. The molecule has 3 atom stereocenters. The molecule has 0 N–H and O–H groups in total. The summed E-state index contributed by atoms with van der Waals surface area (Å²) in [5.41, 5.74) is 15.3. The van der Waals surface area contributed by atoms with E-state index in [0.29, 0.717) is 9.26 Å². The van der Waals surface area contributed by atoms with Crippen LogP contribution in [0.15, 0.2) is 139 Å². The van der Waals surface area contributed by atoms with E-state index in [9.17, 15) is 0 Å². The molecule has 262 valence electrons. The Bertz CT molecular complexity index is 1900. The standard InChI is InChI=1S/2C17H15.C7H9Si.2C4H9.V/c2*1-2-13-11-15-9-6-10-16(17(15)12-13)14-7-4-3-5-8-14;1-8-7-5-3-2-4-6-7;2*1-3-4-2;/h2*3-12H,2H2,1H3;2-6,8H,1H3;2*1,3-4H2,2H3;. The van der Waals surface area contributed by atoms with Gasteiger partial charge in [0.2, 0.25) is 0 Å². The Morgan fingerprint density at radius 3 is 1.29 bits per heavy atom. The van der Waals surface area contributed by atoms with Crippen molar-refractivity contribution in [1.29, 1.82) is 0 Å². The molecule has 0 saturated carbocycles. The summed E-state index contributed by atoms with van der Waals surface area (Å²) in [5.74, 6) is 0. The molecule has 0 radical (unpaired) electrons. The SMILES string of the molecule is CCC[CH2][V]([CH2]CCC)([CH]1C(CC)=Cc2c(-c3ccccc3)cccc21)([CH]1C(CC)=Cc2c(-c3ccccc3)cccc21)[SiH](C)c1ccccc1. The van der Waals surface area contributed by atoms with E-state index in [0.717, 1.165) is 12.8 Å². The Morgan fingerprint density at radius 1 is 0.490 bits per heavy atom.